The van der Waals surface area contributed by atoms with Crippen molar-refractivity contribution in [2.45, 2.75) is 12.7 Å². The van der Waals surface area contributed by atoms with Crippen LogP contribution in [0.15, 0.2) is 36.4 Å². The van der Waals surface area contributed by atoms with Gasteiger partial charge in [0.1, 0.15) is 0 Å². The van der Waals surface area contributed by atoms with E-state index in [-0.39, 0.29) is 34.0 Å². The van der Waals surface area contributed by atoms with Crippen LogP contribution in [0.1, 0.15) is 21.7 Å². The number of aromatic nitrogens is 3. The van der Waals surface area contributed by atoms with Crippen molar-refractivity contribution in [3.05, 3.63) is 63.4 Å². The third-order valence-corrected chi connectivity index (χ3v) is 4.56. The molecule has 1 aromatic heterocycles. The van der Waals surface area contributed by atoms with E-state index < -0.39 is 17.6 Å². The van der Waals surface area contributed by atoms with Crippen LogP contribution < -0.4 is 0 Å². The molecule has 0 aliphatic carbocycles. The second kappa shape index (κ2) is 7.92. The Bertz CT molecular complexity index is 1050. The third kappa shape index (κ3) is 4.63. The number of amides is 1. The van der Waals surface area contributed by atoms with Crippen LogP contribution in [0.2, 0.25) is 10.0 Å². The number of nitrogens with one attached hydrogen (secondary N) is 1. The van der Waals surface area contributed by atoms with Gasteiger partial charge in [0.2, 0.25) is 5.82 Å². The first-order chi connectivity index (χ1) is 13.6. The molecule has 0 saturated carbocycles. The number of hydrogen-bond donors (Lipinski definition) is 2. The minimum absolute atomic E-state index is 0.00144. The second-order valence-corrected chi connectivity index (χ2v) is 6.97. The number of aromatic amines is 1. The number of carbonyl (C=O) groups excluding carboxylic acids is 1. The molecule has 0 atom stereocenters. The SMILES string of the molecule is CN(Cc1cccc(C(F)(F)F)c1)C(=O)c1n[nH]c(-c2cc(Cl)c(O)c(Cl)c2)n1. The Labute approximate surface area is 172 Å². The van der Waals surface area contributed by atoms with E-state index in [1.54, 1.807) is 0 Å². The van der Waals surface area contributed by atoms with Gasteiger partial charge in [0.15, 0.2) is 11.6 Å². The molecule has 0 spiro atoms. The van der Waals surface area contributed by atoms with Gasteiger partial charge in [0.05, 0.1) is 15.6 Å². The summed E-state index contributed by atoms with van der Waals surface area (Å²) >= 11 is 11.7. The summed E-state index contributed by atoms with van der Waals surface area (Å²) in [5.41, 5.74) is -0.0921. The van der Waals surface area contributed by atoms with Crippen LogP contribution in [0.5, 0.6) is 5.75 Å². The Morgan fingerprint density at radius 3 is 2.48 bits per heavy atom. The van der Waals surface area contributed by atoms with Crippen LogP contribution in [-0.2, 0) is 12.7 Å². The first-order valence-electron chi connectivity index (χ1n) is 8.08. The van der Waals surface area contributed by atoms with Crippen molar-refractivity contribution in [1.29, 1.82) is 0 Å². The summed E-state index contributed by atoms with van der Waals surface area (Å²) < 4.78 is 38.5. The van der Waals surface area contributed by atoms with E-state index >= 15 is 0 Å². The number of phenolic OH excluding ortho intramolecular Hbond substituents is 1. The first kappa shape index (κ1) is 20.9. The number of rotatable bonds is 4. The molecule has 1 heterocycles. The summed E-state index contributed by atoms with van der Waals surface area (Å²) in [5.74, 6) is -0.881. The first-order valence-corrected chi connectivity index (χ1v) is 8.84. The van der Waals surface area contributed by atoms with Crippen molar-refractivity contribution in [3.8, 4) is 17.1 Å². The molecule has 3 aromatic rings. The fraction of sp³-hybridized carbons (Fsp3) is 0.167. The monoisotopic (exact) mass is 444 g/mol. The second-order valence-electron chi connectivity index (χ2n) is 6.16. The number of phenols is 1. The fourth-order valence-corrected chi connectivity index (χ4v) is 3.04. The van der Waals surface area contributed by atoms with Crippen molar-refractivity contribution in [2.75, 3.05) is 7.05 Å². The van der Waals surface area contributed by atoms with E-state index in [1.807, 2.05) is 0 Å². The molecule has 6 nitrogen and oxygen atoms in total. The van der Waals surface area contributed by atoms with Gasteiger partial charge in [-0.2, -0.15) is 13.2 Å². The maximum atomic E-state index is 12.8. The highest BCUT2D eigenvalue weighted by Gasteiger charge is 2.30. The molecule has 1 amide bonds. The van der Waals surface area contributed by atoms with Crippen LogP contribution in [0.3, 0.4) is 0 Å². The molecular weight excluding hydrogens is 432 g/mol. The summed E-state index contributed by atoms with van der Waals surface area (Å²) in [6.45, 7) is -0.0660. The van der Waals surface area contributed by atoms with Crippen molar-refractivity contribution >= 4 is 29.1 Å². The van der Waals surface area contributed by atoms with E-state index in [0.717, 1.165) is 12.1 Å². The number of alkyl halides is 3. The summed E-state index contributed by atoms with van der Waals surface area (Å²) in [5, 5.41) is 16.0. The van der Waals surface area contributed by atoms with Gasteiger partial charge in [-0.1, -0.05) is 35.3 Å². The van der Waals surface area contributed by atoms with E-state index in [9.17, 15) is 23.1 Å². The standard InChI is InChI=1S/C18H13Cl2F3N4O2/c1-27(8-9-3-2-4-11(5-9)18(21,22)23)17(29)16-24-15(25-26-16)10-6-12(19)14(28)13(20)7-10/h2-7,28H,8H2,1H3,(H,24,25,26). The van der Waals surface area contributed by atoms with Crippen LogP contribution in [0.4, 0.5) is 13.2 Å². The Morgan fingerprint density at radius 1 is 1.21 bits per heavy atom. The van der Waals surface area contributed by atoms with Crippen molar-refractivity contribution in [2.24, 2.45) is 0 Å². The molecule has 0 radical (unpaired) electrons. The smallest absolute Gasteiger partial charge is 0.416 e. The van der Waals surface area contributed by atoms with Gasteiger partial charge in [-0.15, -0.1) is 5.10 Å². The third-order valence-electron chi connectivity index (χ3n) is 3.99. The Kier molecular flexibility index (Phi) is 5.72. The Hall–Kier alpha value is -2.78. The fourth-order valence-electron chi connectivity index (χ4n) is 2.55. The summed E-state index contributed by atoms with van der Waals surface area (Å²) in [6.07, 6.45) is -4.47. The summed E-state index contributed by atoms with van der Waals surface area (Å²) in [4.78, 5) is 17.8. The lowest BCUT2D eigenvalue weighted by molar-refractivity contribution is -0.137. The number of nitrogens with zero attached hydrogens (tertiary/aromatic N) is 3. The molecule has 3 rings (SSSR count). The normalized spacial score (nSPS) is 11.5. The molecule has 0 saturated heterocycles. The zero-order valence-corrected chi connectivity index (χ0v) is 16.3. The Balaban J connectivity index is 1.78. The molecule has 0 fully saturated rings. The van der Waals surface area contributed by atoms with E-state index in [1.165, 1.54) is 36.2 Å². The van der Waals surface area contributed by atoms with Gasteiger partial charge < -0.3 is 10.0 Å². The van der Waals surface area contributed by atoms with Crippen LogP contribution in [0.25, 0.3) is 11.4 Å². The van der Waals surface area contributed by atoms with Gasteiger partial charge in [-0.05, 0) is 29.8 Å². The van der Waals surface area contributed by atoms with Gasteiger partial charge in [-0.25, -0.2) is 4.98 Å². The average Bonchev–Trinajstić information content (AvgIpc) is 3.14. The van der Waals surface area contributed by atoms with Gasteiger partial charge in [0, 0.05) is 19.2 Å². The highest BCUT2D eigenvalue weighted by Crippen LogP contribution is 2.35. The lowest BCUT2D eigenvalue weighted by Crippen LogP contribution is -2.27. The van der Waals surface area contributed by atoms with Crippen LogP contribution in [-0.4, -0.2) is 38.1 Å². The molecule has 0 unspecified atom stereocenters. The lowest BCUT2D eigenvalue weighted by atomic mass is 10.1. The molecule has 0 aliphatic rings. The number of hydrogen-bond acceptors (Lipinski definition) is 4. The molecule has 11 heteroatoms. The maximum absolute atomic E-state index is 12.8. The van der Waals surface area contributed by atoms with Gasteiger partial charge in [0.25, 0.3) is 5.91 Å². The van der Waals surface area contributed by atoms with Crippen molar-refractivity contribution in [1.82, 2.24) is 20.1 Å². The summed E-state index contributed by atoms with van der Waals surface area (Å²) in [6, 6.07) is 7.49. The number of H-pyrrole nitrogens is 1. The molecule has 0 aliphatic heterocycles. The zero-order chi connectivity index (χ0) is 21.3. The molecular formula is C18H13Cl2F3N4O2. The Morgan fingerprint density at radius 2 is 1.86 bits per heavy atom. The number of benzene rings is 2. The van der Waals surface area contributed by atoms with Crippen molar-refractivity contribution < 1.29 is 23.1 Å². The molecule has 2 N–H and O–H groups in total. The van der Waals surface area contributed by atoms with E-state index in [2.05, 4.69) is 15.2 Å². The van der Waals surface area contributed by atoms with Crippen LogP contribution in [0, 0.1) is 0 Å². The van der Waals surface area contributed by atoms with E-state index in [0.29, 0.717) is 11.1 Å². The lowest BCUT2D eigenvalue weighted by Gasteiger charge is -2.16. The largest absolute Gasteiger partial charge is 0.505 e. The van der Waals surface area contributed by atoms with Crippen molar-refractivity contribution in [3.63, 3.8) is 0 Å². The molecule has 29 heavy (non-hydrogen) atoms. The zero-order valence-electron chi connectivity index (χ0n) is 14.8. The molecule has 152 valence electrons. The van der Waals surface area contributed by atoms with Gasteiger partial charge in [-0.3, -0.25) is 9.89 Å². The number of aromatic hydroxyl groups is 1. The molecule has 2 aromatic carbocycles. The highest BCUT2D eigenvalue weighted by atomic mass is 35.5. The minimum Gasteiger partial charge on any atom is -0.505 e. The minimum atomic E-state index is -4.47. The molecule has 0 bridgehead atoms. The highest BCUT2D eigenvalue weighted by molar-refractivity contribution is 6.37. The number of carbonyl (C=O) groups is 1. The predicted molar refractivity (Wildman–Crippen MR) is 101 cm³/mol. The quantitative estimate of drug-likeness (QED) is 0.606. The maximum Gasteiger partial charge on any atom is 0.416 e. The van der Waals surface area contributed by atoms with Gasteiger partial charge >= 0.3 is 6.18 Å². The summed E-state index contributed by atoms with van der Waals surface area (Å²) in [7, 11) is 1.42. The number of halogens is 5. The predicted octanol–water partition coefficient (Wildman–Crippen LogP) is 4.78. The van der Waals surface area contributed by atoms with Crippen LogP contribution >= 0.6 is 23.2 Å². The van der Waals surface area contributed by atoms with E-state index in [4.69, 9.17) is 23.2 Å². The average molecular weight is 445 g/mol. The topological polar surface area (TPSA) is 82.1 Å².